The molecule has 1 N–H and O–H groups in total. The molecular weight excluding hydrogens is 275 g/mol. The Bertz CT molecular complexity index is 615. The lowest BCUT2D eigenvalue weighted by Gasteiger charge is -2.18. The number of anilines is 1. The van der Waals surface area contributed by atoms with Crippen LogP contribution in [0.1, 0.15) is 35.2 Å². The molecule has 0 aliphatic carbocycles. The van der Waals surface area contributed by atoms with Crippen LogP contribution in [0.15, 0.2) is 42.5 Å². The molecular formula is C17H18F3N. The summed E-state index contributed by atoms with van der Waals surface area (Å²) in [5.41, 5.74) is 3.46. The van der Waals surface area contributed by atoms with E-state index in [1.807, 2.05) is 39.0 Å². The molecule has 1 unspecified atom stereocenters. The summed E-state index contributed by atoms with van der Waals surface area (Å²) in [6.45, 7) is 5.94. The maximum absolute atomic E-state index is 12.5. The van der Waals surface area contributed by atoms with E-state index in [2.05, 4.69) is 5.32 Å². The number of hydrogen-bond acceptors (Lipinski definition) is 1. The topological polar surface area (TPSA) is 12.0 Å². The fraction of sp³-hybridized carbons (Fsp3) is 0.294. The molecule has 112 valence electrons. The Labute approximate surface area is 122 Å². The second-order valence-electron chi connectivity index (χ2n) is 5.30. The van der Waals surface area contributed by atoms with Gasteiger partial charge in [0.15, 0.2) is 0 Å². The zero-order valence-electron chi connectivity index (χ0n) is 12.3. The Morgan fingerprint density at radius 3 is 2.14 bits per heavy atom. The lowest BCUT2D eigenvalue weighted by molar-refractivity contribution is -0.137. The Morgan fingerprint density at radius 2 is 1.57 bits per heavy atom. The van der Waals surface area contributed by atoms with Crippen molar-refractivity contribution in [2.75, 3.05) is 5.32 Å². The number of nitrogens with one attached hydrogen (secondary N) is 1. The summed E-state index contributed by atoms with van der Waals surface area (Å²) in [7, 11) is 0. The van der Waals surface area contributed by atoms with Crippen molar-refractivity contribution in [1.82, 2.24) is 0 Å². The van der Waals surface area contributed by atoms with Gasteiger partial charge in [0.05, 0.1) is 5.56 Å². The van der Waals surface area contributed by atoms with Gasteiger partial charge in [-0.05, 0) is 55.7 Å². The normalized spacial score (nSPS) is 13.0. The fourth-order valence-electron chi connectivity index (χ4n) is 2.17. The predicted octanol–water partition coefficient (Wildman–Crippen LogP) is 5.50. The van der Waals surface area contributed by atoms with Crippen molar-refractivity contribution in [2.45, 2.75) is 33.0 Å². The van der Waals surface area contributed by atoms with E-state index in [1.165, 1.54) is 12.1 Å². The van der Waals surface area contributed by atoms with Crippen molar-refractivity contribution in [3.8, 4) is 0 Å². The van der Waals surface area contributed by atoms with E-state index < -0.39 is 11.7 Å². The standard InChI is InChI=1S/C17H18F3N/c1-11-4-5-12(2)16(10-11)21-13(3)14-6-8-15(9-7-14)17(18,19)20/h4-10,13,21H,1-3H3. The minimum absolute atomic E-state index is 0.0622. The van der Waals surface area contributed by atoms with Crippen molar-refractivity contribution >= 4 is 5.69 Å². The van der Waals surface area contributed by atoms with Crippen LogP contribution >= 0.6 is 0 Å². The highest BCUT2D eigenvalue weighted by molar-refractivity contribution is 5.53. The number of aryl methyl sites for hydroxylation is 2. The minimum atomic E-state index is -4.29. The van der Waals surface area contributed by atoms with Gasteiger partial charge in [-0.25, -0.2) is 0 Å². The van der Waals surface area contributed by atoms with Crippen LogP contribution in [0.2, 0.25) is 0 Å². The van der Waals surface area contributed by atoms with E-state index >= 15 is 0 Å². The van der Waals surface area contributed by atoms with Crippen LogP contribution in [0, 0.1) is 13.8 Å². The highest BCUT2D eigenvalue weighted by Crippen LogP contribution is 2.30. The van der Waals surface area contributed by atoms with Gasteiger partial charge >= 0.3 is 6.18 Å². The minimum Gasteiger partial charge on any atom is -0.378 e. The average Bonchev–Trinajstić information content (AvgIpc) is 2.42. The van der Waals surface area contributed by atoms with E-state index in [1.54, 1.807) is 0 Å². The SMILES string of the molecule is Cc1ccc(C)c(NC(C)c2ccc(C(F)(F)F)cc2)c1. The van der Waals surface area contributed by atoms with Gasteiger partial charge < -0.3 is 5.32 Å². The van der Waals surface area contributed by atoms with Gasteiger partial charge in [0, 0.05) is 11.7 Å². The number of alkyl halides is 3. The first-order chi connectivity index (χ1) is 9.77. The molecule has 2 aromatic rings. The third kappa shape index (κ3) is 3.78. The molecule has 0 fully saturated rings. The van der Waals surface area contributed by atoms with Crippen molar-refractivity contribution in [2.24, 2.45) is 0 Å². The molecule has 0 bridgehead atoms. The molecule has 0 spiro atoms. The molecule has 2 aromatic carbocycles. The van der Waals surface area contributed by atoms with E-state index in [9.17, 15) is 13.2 Å². The van der Waals surface area contributed by atoms with E-state index in [4.69, 9.17) is 0 Å². The first kappa shape index (κ1) is 15.4. The molecule has 0 aliphatic rings. The molecule has 1 atom stereocenters. The summed E-state index contributed by atoms with van der Waals surface area (Å²) in [6, 6.07) is 11.3. The smallest absolute Gasteiger partial charge is 0.378 e. The van der Waals surface area contributed by atoms with Gasteiger partial charge in [-0.2, -0.15) is 13.2 Å². The molecule has 4 heteroatoms. The Kier molecular flexibility index (Phi) is 4.26. The van der Waals surface area contributed by atoms with Gasteiger partial charge in [-0.15, -0.1) is 0 Å². The summed E-state index contributed by atoms with van der Waals surface area (Å²) in [4.78, 5) is 0. The van der Waals surface area contributed by atoms with Gasteiger partial charge in [-0.3, -0.25) is 0 Å². The van der Waals surface area contributed by atoms with Gasteiger partial charge in [0.25, 0.3) is 0 Å². The predicted molar refractivity (Wildman–Crippen MR) is 79.4 cm³/mol. The Balaban J connectivity index is 2.17. The lowest BCUT2D eigenvalue weighted by Crippen LogP contribution is -2.09. The van der Waals surface area contributed by atoms with Crippen LogP contribution in [0.3, 0.4) is 0 Å². The molecule has 0 radical (unpaired) electrons. The van der Waals surface area contributed by atoms with E-state index in [0.717, 1.165) is 34.5 Å². The van der Waals surface area contributed by atoms with Crippen molar-refractivity contribution in [3.05, 3.63) is 64.7 Å². The van der Waals surface area contributed by atoms with Crippen LogP contribution in [0.4, 0.5) is 18.9 Å². The first-order valence-electron chi connectivity index (χ1n) is 6.78. The third-order valence-electron chi connectivity index (χ3n) is 3.50. The summed E-state index contributed by atoms with van der Waals surface area (Å²) in [5, 5.41) is 3.34. The van der Waals surface area contributed by atoms with E-state index in [-0.39, 0.29) is 6.04 Å². The summed E-state index contributed by atoms with van der Waals surface area (Å²) < 4.78 is 37.6. The summed E-state index contributed by atoms with van der Waals surface area (Å²) >= 11 is 0. The number of benzene rings is 2. The fourth-order valence-corrected chi connectivity index (χ4v) is 2.17. The largest absolute Gasteiger partial charge is 0.416 e. The van der Waals surface area contributed by atoms with Crippen molar-refractivity contribution in [1.29, 1.82) is 0 Å². The highest BCUT2D eigenvalue weighted by Gasteiger charge is 2.30. The molecule has 1 nitrogen and oxygen atoms in total. The average molecular weight is 293 g/mol. The molecule has 0 amide bonds. The highest BCUT2D eigenvalue weighted by atomic mass is 19.4. The monoisotopic (exact) mass is 293 g/mol. The van der Waals surface area contributed by atoms with Gasteiger partial charge in [0.1, 0.15) is 0 Å². The molecule has 0 aliphatic heterocycles. The summed E-state index contributed by atoms with van der Waals surface area (Å²) in [6.07, 6.45) is -4.29. The molecule has 2 rings (SSSR count). The molecule has 0 aromatic heterocycles. The Morgan fingerprint density at radius 1 is 0.952 bits per heavy atom. The third-order valence-corrected chi connectivity index (χ3v) is 3.50. The van der Waals surface area contributed by atoms with Crippen LogP contribution in [-0.4, -0.2) is 0 Å². The lowest BCUT2D eigenvalue weighted by atomic mass is 10.0. The number of halogens is 3. The molecule has 0 heterocycles. The van der Waals surface area contributed by atoms with Crippen molar-refractivity contribution in [3.63, 3.8) is 0 Å². The van der Waals surface area contributed by atoms with Crippen LogP contribution < -0.4 is 5.32 Å². The Hall–Kier alpha value is -1.97. The number of rotatable bonds is 3. The molecule has 0 saturated heterocycles. The van der Waals surface area contributed by atoms with Crippen molar-refractivity contribution < 1.29 is 13.2 Å². The van der Waals surface area contributed by atoms with Crippen LogP contribution in [0.5, 0.6) is 0 Å². The van der Waals surface area contributed by atoms with Crippen LogP contribution in [-0.2, 0) is 6.18 Å². The first-order valence-corrected chi connectivity index (χ1v) is 6.78. The molecule has 21 heavy (non-hydrogen) atoms. The van der Waals surface area contributed by atoms with Gasteiger partial charge in [-0.1, -0.05) is 24.3 Å². The summed E-state index contributed by atoms with van der Waals surface area (Å²) in [5.74, 6) is 0. The maximum Gasteiger partial charge on any atom is 0.416 e. The number of hydrogen-bond donors (Lipinski definition) is 1. The van der Waals surface area contributed by atoms with Crippen LogP contribution in [0.25, 0.3) is 0 Å². The zero-order chi connectivity index (χ0) is 15.6. The quantitative estimate of drug-likeness (QED) is 0.788. The second-order valence-corrected chi connectivity index (χ2v) is 5.30. The second kappa shape index (κ2) is 5.80. The molecule has 0 saturated carbocycles. The van der Waals surface area contributed by atoms with E-state index in [0.29, 0.717) is 0 Å². The zero-order valence-corrected chi connectivity index (χ0v) is 12.3. The van der Waals surface area contributed by atoms with Gasteiger partial charge in [0.2, 0.25) is 0 Å². The maximum atomic E-state index is 12.5.